The van der Waals surface area contributed by atoms with Crippen LogP contribution in [0, 0.1) is 11.8 Å². The highest BCUT2D eigenvalue weighted by atomic mass is 16.2. The van der Waals surface area contributed by atoms with E-state index in [2.05, 4.69) is 4.98 Å². The molecule has 0 spiro atoms. The van der Waals surface area contributed by atoms with E-state index in [0.29, 0.717) is 39.3 Å². The summed E-state index contributed by atoms with van der Waals surface area (Å²) in [5.74, 6) is -0.00254. The van der Waals surface area contributed by atoms with Crippen LogP contribution in [0.4, 0.5) is 11.5 Å². The summed E-state index contributed by atoms with van der Waals surface area (Å²) in [4.78, 5) is 57.0. The number of carbonyl (C=O) groups is 2. The Morgan fingerprint density at radius 3 is 2.17 bits per heavy atom. The average molecular weight is 423 g/mol. The summed E-state index contributed by atoms with van der Waals surface area (Å²) in [6.45, 7) is 12.4. The molecule has 1 aromatic rings. The molecule has 1 fully saturated rings. The maximum absolute atomic E-state index is 13.2. The summed E-state index contributed by atoms with van der Waals surface area (Å²) in [6.07, 6.45) is 0. The first-order valence-corrected chi connectivity index (χ1v) is 10.4. The second kappa shape index (κ2) is 9.92. The van der Waals surface area contributed by atoms with E-state index in [1.54, 1.807) is 4.90 Å². The largest absolute Gasteiger partial charge is 0.383 e. The molecule has 10 nitrogen and oxygen atoms in total. The predicted molar refractivity (Wildman–Crippen MR) is 116 cm³/mol. The molecule has 0 bridgehead atoms. The minimum absolute atomic E-state index is 0.00727. The van der Waals surface area contributed by atoms with Crippen molar-refractivity contribution in [1.29, 1.82) is 0 Å². The number of nitrogens with two attached hydrogens (primary N) is 1. The van der Waals surface area contributed by atoms with Crippen molar-refractivity contribution < 1.29 is 9.59 Å². The summed E-state index contributed by atoms with van der Waals surface area (Å²) in [7, 11) is 0. The molecule has 0 aromatic carbocycles. The van der Waals surface area contributed by atoms with E-state index < -0.39 is 11.2 Å². The van der Waals surface area contributed by atoms with Gasteiger partial charge in [0.2, 0.25) is 11.8 Å². The maximum Gasteiger partial charge on any atom is 0.330 e. The highest BCUT2D eigenvalue weighted by Gasteiger charge is 2.28. The number of nitrogen functional groups attached to an aromatic ring is 1. The number of H-pyrrole nitrogens is 1. The van der Waals surface area contributed by atoms with Crippen LogP contribution in [0.25, 0.3) is 0 Å². The van der Waals surface area contributed by atoms with Crippen LogP contribution in [0.2, 0.25) is 0 Å². The molecule has 0 atom stereocenters. The number of aromatic amines is 1. The summed E-state index contributed by atoms with van der Waals surface area (Å²) in [5, 5.41) is 0. The number of amides is 2. The number of piperazine rings is 1. The Balaban J connectivity index is 2.32. The van der Waals surface area contributed by atoms with Crippen molar-refractivity contribution in [2.75, 3.05) is 49.9 Å². The molecule has 1 aliphatic heterocycles. The van der Waals surface area contributed by atoms with Gasteiger partial charge in [0.1, 0.15) is 5.82 Å². The van der Waals surface area contributed by atoms with Crippen LogP contribution in [0.1, 0.15) is 34.6 Å². The molecule has 2 heterocycles. The minimum Gasteiger partial charge on any atom is -0.383 e. The Labute approximate surface area is 176 Å². The fourth-order valence-electron chi connectivity index (χ4n) is 3.57. The topological polar surface area (TPSA) is 125 Å². The van der Waals surface area contributed by atoms with E-state index in [-0.39, 0.29) is 41.7 Å². The quantitative estimate of drug-likeness (QED) is 0.634. The molecule has 1 saturated heterocycles. The zero-order valence-corrected chi connectivity index (χ0v) is 18.6. The number of anilines is 2. The van der Waals surface area contributed by atoms with Crippen LogP contribution in [-0.2, 0) is 16.1 Å². The second-order valence-corrected chi connectivity index (χ2v) is 8.68. The van der Waals surface area contributed by atoms with Gasteiger partial charge in [-0.1, -0.05) is 27.7 Å². The molecule has 1 aromatic heterocycles. The van der Waals surface area contributed by atoms with E-state index >= 15 is 0 Å². The average Bonchev–Trinajstić information content (AvgIpc) is 2.64. The number of carbonyl (C=O) groups excluding carboxylic acids is 2. The molecule has 0 radical (unpaired) electrons. The Kier molecular flexibility index (Phi) is 7.83. The molecule has 30 heavy (non-hydrogen) atoms. The van der Waals surface area contributed by atoms with Crippen molar-refractivity contribution in [1.82, 2.24) is 19.4 Å². The molecule has 2 rings (SSSR count). The molecular weight excluding hydrogens is 388 g/mol. The van der Waals surface area contributed by atoms with Gasteiger partial charge in [-0.25, -0.2) is 4.79 Å². The van der Waals surface area contributed by atoms with E-state index in [1.807, 2.05) is 32.6 Å². The van der Waals surface area contributed by atoms with Crippen LogP contribution in [0.3, 0.4) is 0 Å². The first kappa shape index (κ1) is 23.7. The van der Waals surface area contributed by atoms with Crippen molar-refractivity contribution in [3.63, 3.8) is 0 Å². The number of nitrogens with zero attached hydrogens (tertiary/aromatic N) is 4. The van der Waals surface area contributed by atoms with E-state index in [0.717, 1.165) is 0 Å². The van der Waals surface area contributed by atoms with Gasteiger partial charge in [-0.2, -0.15) is 0 Å². The second-order valence-electron chi connectivity index (χ2n) is 8.68. The van der Waals surface area contributed by atoms with Crippen LogP contribution >= 0.6 is 0 Å². The van der Waals surface area contributed by atoms with E-state index in [4.69, 9.17) is 5.73 Å². The van der Waals surface area contributed by atoms with Crippen molar-refractivity contribution >= 4 is 23.3 Å². The molecule has 3 N–H and O–H groups in total. The summed E-state index contributed by atoms with van der Waals surface area (Å²) >= 11 is 0. The number of nitrogens with one attached hydrogen (secondary N) is 1. The molecule has 2 amide bonds. The summed E-state index contributed by atoms with van der Waals surface area (Å²) in [5.41, 5.74) is 5.01. The molecule has 0 saturated carbocycles. The monoisotopic (exact) mass is 422 g/mol. The van der Waals surface area contributed by atoms with Gasteiger partial charge in [-0.15, -0.1) is 0 Å². The lowest BCUT2D eigenvalue weighted by Gasteiger charge is -2.35. The Hall–Kier alpha value is -2.62. The third-order valence-corrected chi connectivity index (χ3v) is 5.06. The lowest BCUT2D eigenvalue weighted by molar-refractivity contribution is -0.130. The number of rotatable bonds is 7. The highest BCUT2D eigenvalue weighted by Crippen LogP contribution is 2.20. The zero-order chi connectivity index (χ0) is 22.6. The molecule has 0 aliphatic carbocycles. The van der Waals surface area contributed by atoms with Gasteiger partial charge in [0, 0.05) is 46.2 Å². The van der Waals surface area contributed by atoms with Crippen molar-refractivity contribution in [2.45, 2.75) is 41.2 Å². The van der Waals surface area contributed by atoms with Crippen molar-refractivity contribution in [2.24, 2.45) is 11.8 Å². The Morgan fingerprint density at radius 1 is 1.07 bits per heavy atom. The number of hydrogen-bond acceptors (Lipinski definition) is 6. The Bertz CT molecular complexity index is 880. The van der Waals surface area contributed by atoms with Crippen LogP contribution in [0.5, 0.6) is 0 Å². The van der Waals surface area contributed by atoms with E-state index in [9.17, 15) is 19.2 Å². The summed E-state index contributed by atoms with van der Waals surface area (Å²) < 4.78 is 1.31. The smallest absolute Gasteiger partial charge is 0.330 e. The highest BCUT2D eigenvalue weighted by molar-refractivity contribution is 5.96. The van der Waals surface area contributed by atoms with Gasteiger partial charge in [-0.05, 0) is 11.8 Å². The first-order valence-electron chi connectivity index (χ1n) is 10.4. The molecule has 1 aliphatic rings. The van der Waals surface area contributed by atoms with Gasteiger partial charge in [0.15, 0.2) is 5.69 Å². The lowest BCUT2D eigenvalue weighted by Crippen LogP contribution is -2.52. The van der Waals surface area contributed by atoms with Crippen molar-refractivity contribution in [3.8, 4) is 0 Å². The number of aromatic nitrogens is 2. The standard InChI is InChI=1S/C20H34N6O4/c1-13(2)10-25(16(28)12-23-6-8-24(9-7-23)15(5)27)17-18(21)26(11-14(3)4)20(30)22-19(17)29/h13-14H,6-12,21H2,1-5H3,(H,22,29,30). The normalized spacial score (nSPS) is 15.1. The molecular formula is C20H34N6O4. The minimum atomic E-state index is -0.659. The van der Waals surface area contributed by atoms with Gasteiger partial charge in [0.25, 0.3) is 5.56 Å². The SMILES string of the molecule is CC(=O)N1CCN(CC(=O)N(CC(C)C)c2c(N)n(CC(C)C)c(=O)[nH]c2=O)CC1. The van der Waals surface area contributed by atoms with Gasteiger partial charge < -0.3 is 15.5 Å². The molecule has 168 valence electrons. The number of hydrogen-bond donors (Lipinski definition) is 2. The van der Waals surface area contributed by atoms with Gasteiger partial charge in [0.05, 0.1) is 6.54 Å². The fourth-order valence-corrected chi connectivity index (χ4v) is 3.57. The molecule has 10 heteroatoms. The van der Waals surface area contributed by atoms with E-state index in [1.165, 1.54) is 16.4 Å². The summed E-state index contributed by atoms with van der Waals surface area (Å²) in [6, 6.07) is 0. The zero-order valence-electron chi connectivity index (χ0n) is 18.6. The van der Waals surface area contributed by atoms with Crippen molar-refractivity contribution in [3.05, 3.63) is 20.8 Å². The predicted octanol–water partition coefficient (Wildman–Crippen LogP) is -0.0721. The molecule has 0 unspecified atom stereocenters. The maximum atomic E-state index is 13.2. The van der Waals surface area contributed by atoms with Crippen LogP contribution in [-0.4, -0.2) is 70.4 Å². The Morgan fingerprint density at radius 2 is 1.67 bits per heavy atom. The van der Waals surface area contributed by atoms with Gasteiger partial charge in [-0.3, -0.25) is 28.8 Å². The van der Waals surface area contributed by atoms with Crippen LogP contribution in [0.15, 0.2) is 9.59 Å². The van der Waals surface area contributed by atoms with Gasteiger partial charge >= 0.3 is 5.69 Å². The lowest BCUT2D eigenvalue weighted by atomic mass is 10.2. The third kappa shape index (κ3) is 5.71. The third-order valence-electron chi connectivity index (χ3n) is 5.06. The first-order chi connectivity index (χ1) is 14.0. The van der Waals surface area contributed by atoms with Crippen LogP contribution < -0.4 is 21.9 Å². The fraction of sp³-hybridized carbons (Fsp3) is 0.700.